The van der Waals surface area contributed by atoms with Gasteiger partial charge in [-0.2, -0.15) is 0 Å². The van der Waals surface area contributed by atoms with Crippen LogP contribution in [0.1, 0.15) is 25.7 Å². The van der Waals surface area contributed by atoms with Crippen molar-refractivity contribution in [1.82, 2.24) is 10.6 Å². The maximum Gasteiger partial charge on any atom is 0.228 e. The van der Waals surface area contributed by atoms with E-state index in [0.29, 0.717) is 25.5 Å². The Kier molecular flexibility index (Phi) is 9.78. The van der Waals surface area contributed by atoms with Gasteiger partial charge in [-0.25, -0.2) is 4.39 Å². The molecule has 142 valence electrons. The van der Waals surface area contributed by atoms with Gasteiger partial charge in [0, 0.05) is 13.7 Å². The van der Waals surface area contributed by atoms with E-state index in [9.17, 15) is 9.18 Å². The van der Waals surface area contributed by atoms with E-state index in [4.69, 9.17) is 9.47 Å². The van der Waals surface area contributed by atoms with Gasteiger partial charge in [-0.1, -0.05) is 0 Å². The molecule has 2 rings (SSSR count). The Morgan fingerprint density at radius 3 is 2.56 bits per heavy atom. The molecule has 1 aromatic rings. The largest absolute Gasteiger partial charge is 0.494 e. The molecule has 2 N–H and O–H groups in total. The number of hydrogen-bond donors (Lipinski definition) is 2. The highest BCUT2D eigenvalue weighted by atomic mass is 35.5. The zero-order valence-electron chi connectivity index (χ0n) is 14.7. The number of rotatable bonds is 9. The van der Waals surface area contributed by atoms with E-state index in [-0.39, 0.29) is 24.1 Å². The average molecular weight is 375 g/mol. The van der Waals surface area contributed by atoms with Crippen molar-refractivity contribution in [3.05, 3.63) is 30.1 Å². The highest BCUT2D eigenvalue weighted by Crippen LogP contribution is 2.29. The molecule has 1 fully saturated rings. The fraction of sp³-hybridized carbons (Fsp3) is 0.611. The van der Waals surface area contributed by atoms with Crippen molar-refractivity contribution in [2.75, 3.05) is 40.0 Å². The van der Waals surface area contributed by atoms with Crippen LogP contribution in [0.15, 0.2) is 24.3 Å². The van der Waals surface area contributed by atoms with Crippen LogP contribution >= 0.6 is 12.4 Å². The minimum absolute atomic E-state index is 0. The van der Waals surface area contributed by atoms with E-state index in [1.807, 2.05) is 0 Å². The SMILES string of the molecule is COCC1(C(=O)NCCCCOc2ccc(F)cc2)CCNCC1.Cl. The van der Waals surface area contributed by atoms with Crippen molar-refractivity contribution in [2.24, 2.45) is 5.41 Å². The van der Waals surface area contributed by atoms with Gasteiger partial charge in [0.05, 0.1) is 18.6 Å². The Labute approximate surface area is 155 Å². The van der Waals surface area contributed by atoms with Crippen molar-refractivity contribution in [2.45, 2.75) is 25.7 Å². The quantitative estimate of drug-likeness (QED) is 0.652. The van der Waals surface area contributed by atoms with E-state index in [0.717, 1.165) is 38.8 Å². The third-order valence-electron chi connectivity index (χ3n) is 4.40. The first-order chi connectivity index (χ1) is 11.7. The van der Waals surface area contributed by atoms with Crippen molar-refractivity contribution < 1.29 is 18.7 Å². The van der Waals surface area contributed by atoms with Crippen LogP contribution in [0.25, 0.3) is 0 Å². The molecule has 7 heteroatoms. The summed E-state index contributed by atoms with van der Waals surface area (Å²) in [6.45, 7) is 3.35. The first-order valence-electron chi connectivity index (χ1n) is 8.53. The molecule has 0 unspecified atom stereocenters. The molecule has 1 amide bonds. The van der Waals surface area contributed by atoms with Gasteiger partial charge in [0.25, 0.3) is 0 Å². The smallest absolute Gasteiger partial charge is 0.228 e. The fourth-order valence-electron chi connectivity index (χ4n) is 2.96. The molecule has 1 saturated heterocycles. The number of halogens is 2. The molecular weight excluding hydrogens is 347 g/mol. The zero-order chi connectivity index (χ0) is 17.3. The van der Waals surface area contributed by atoms with Gasteiger partial charge in [-0.15, -0.1) is 12.4 Å². The number of carbonyl (C=O) groups excluding carboxylic acids is 1. The van der Waals surface area contributed by atoms with E-state index in [1.165, 1.54) is 12.1 Å². The number of amides is 1. The van der Waals surface area contributed by atoms with Gasteiger partial charge in [0.15, 0.2) is 0 Å². The lowest BCUT2D eigenvalue weighted by atomic mass is 9.78. The van der Waals surface area contributed by atoms with Crippen molar-refractivity contribution in [3.8, 4) is 5.75 Å². The second-order valence-corrected chi connectivity index (χ2v) is 6.23. The van der Waals surface area contributed by atoms with Crippen LogP contribution in [0.3, 0.4) is 0 Å². The second kappa shape index (κ2) is 11.3. The Bertz CT molecular complexity index is 502. The predicted octanol–water partition coefficient (Wildman–Crippen LogP) is 2.54. The fourth-order valence-corrected chi connectivity index (χ4v) is 2.96. The molecule has 1 aliphatic rings. The number of hydrogen-bond acceptors (Lipinski definition) is 4. The molecular formula is C18H28ClFN2O3. The van der Waals surface area contributed by atoms with E-state index in [1.54, 1.807) is 19.2 Å². The monoisotopic (exact) mass is 374 g/mol. The van der Waals surface area contributed by atoms with E-state index < -0.39 is 5.41 Å². The minimum atomic E-state index is -0.398. The van der Waals surface area contributed by atoms with E-state index >= 15 is 0 Å². The lowest BCUT2D eigenvalue weighted by molar-refractivity contribution is -0.136. The predicted molar refractivity (Wildman–Crippen MR) is 97.8 cm³/mol. The average Bonchev–Trinajstić information content (AvgIpc) is 2.60. The summed E-state index contributed by atoms with van der Waals surface area (Å²) < 4.78 is 23.6. The third-order valence-corrected chi connectivity index (χ3v) is 4.40. The zero-order valence-corrected chi connectivity index (χ0v) is 15.5. The topological polar surface area (TPSA) is 59.6 Å². The van der Waals surface area contributed by atoms with Crippen molar-refractivity contribution in [1.29, 1.82) is 0 Å². The Hall–Kier alpha value is -1.37. The summed E-state index contributed by atoms with van der Waals surface area (Å²) >= 11 is 0. The minimum Gasteiger partial charge on any atom is -0.494 e. The lowest BCUT2D eigenvalue weighted by Gasteiger charge is -2.35. The van der Waals surface area contributed by atoms with Gasteiger partial charge in [0.1, 0.15) is 11.6 Å². The molecule has 1 heterocycles. The Balaban J connectivity index is 0.00000312. The van der Waals surface area contributed by atoms with Crippen LogP contribution in [-0.2, 0) is 9.53 Å². The third kappa shape index (κ3) is 6.80. The molecule has 0 radical (unpaired) electrons. The van der Waals surface area contributed by atoms with E-state index in [2.05, 4.69) is 10.6 Å². The Morgan fingerprint density at radius 1 is 1.24 bits per heavy atom. The van der Waals surface area contributed by atoms with Crippen molar-refractivity contribution in [3.63, 3.8) is 0 Å². The van der Waals surface area contributed by atoms with Gasteiger partial charge in [0.2, 0.25) is 5.91 Å². The van der Waals surface area contributed by atoms with Gasteiger partial charge in [-0.05, 0) is 63.0 Å². The van der Waals surface area contributed by atoms with Crippen molar-refractivity contribution >= 4 is 18.3 Å². The molecule has 0 spiro atoms. The standard InChI is InChI=1S/C18H27FN2O3.ClH/c1-23-14-18(8-11-20-12-9-18)17(22)21-10-2-3-13-24-16-6-4-15(19)5-7-16;/h4-7,20H,2-3,8-14H2,1H3,(H,21,22);1H. The number of benzene rings is 1. The molecule has 25 heavy (non-hydrogen) atoms. The molecule has 0 saturated carbocycles. The summed E-state index contributed by atoms with van der Waals surface area (Å²) in [6.07, 6.45) is 3.28. The summed E-state index contributed by atoms with van der Waals surface area (Å²) in [5.74, 6) is 0.479. The normalized spacial score (nSPS) is 15.9. The first kappa shape index (κ1) is 21.7. The molecule has 5 nitrogen and oxygen atoms in total. The van der Waals surface area contributed by atoms with Gasteiger partial charge >= 0.3 is 0 Å². The summed E-state index contributed by atoms with van der Waals surface area (Å²) in [7, 11) is 1.64. The van der Waals surface area contributed by atoms with Gasteiger partial charge < -0.3 is 20.1 Å². The molecule has 0 aromatic heterocycles. The summed E-state index contributed by atoms with van der Waals surface area (Å²) in [5, 5.41) is 6.31. The molecule has 1 aliphatic heterocycles. The highest BCUT2D eigenvalue weighted by Gasteiger charge is 2.39. The molecule has 0 atom stereocenters. The maximum absolute atomic E-state index is 12.8. The maximum atomic E-state index is 12.8. The number of piperidine rings is 1. The number of carbonyl (C=O) groups is 1. The number of nitrogens with one attached hydrogen (secondary N) is 2. The number of unbranched alkanes of at least 4 members (excludes halogenated alkanes) is 1. The number of methoxy groups -OCH3 is 1. The molecule has 0 bridgehead atoms. The first-order valence-corrected chi connectivity index (χ1v) is 8.53. The molecule has 1 aromatic carbocycles. The van der Waals surface area contributed by atoms with Crippen LogP contribution < -0.4 is 15.4 Å². The second-order valence-electron chi connectivity index (χ2n) is 6.23. The Morgan fingerprint density at radius 2 is 1.92 bits per heavy atom. The summed E-state index contributed by atoms with van der Waals surface area (Å²) in [4.78, 5) is 12.5. The summed E-state index contributed by atoms with van der Waals surface area (Å²) in [6, 6.07) is 5.99. The van der Waals surface area contributed by atoms with Crippen LogP contribution in [-0.4, -0.2) is 45.9 Å². The van der Waals surface area contributed by atoms with Gasteiger partial charge in [-0.3, -0.25) is 4.79 Å². The van der Waals surface area contributed by atoms with Crippen LogP contribution in [0.2, 0.25) is 0 Å². The molecule has 0 aliphatic carbocycles. The summed E-state index contributed by atoms with van der Waals surface area (Å²) in [5.41, 5.74) is -0.398. The van der Waals surface area contributed by atoms with Crippen LogP contribution in [0.4, 0.5) is 4.39 Å². The van der Waals surface area contributed by atoms with Crippen LogP contribution in [0.5, 0.6) is 5.75 Å². The highest BCUT2D eigenvalue weighted by molar-refractivity contribution is 5.85. The number of ether oxygens (including phenoxy) is 2. The lowest BCUT2D eigenvalue weighted by Crippen LogP contribution is -2.50. The van der Waals surface area contributed by atoms with Crippen LogP contribution in [0, 0.1) is 11.2 Å².